The molecule has 0 fully saturated rings. The van der Waals surface area contributed by atoms with Gasteiger partial charge in [-0.05, 0) is 16.0 Å². The van der Waals surface area contributed by atoms with Crippen molar-refractivity contribution in [1.29, 1.82) is 0 Å². The average molecular weight is 361 g/mol. The minimum atomic E-state index is -2.66. The number of hydrogen-bond acceptors (Lipinski definition) is 5. The first-order valence-corrected chi connectivity index (χ1v) is 7.99. The van der Waals surface area contributed by atoms with E-state index in [1.54, 1.807) is 0 Å². The highest BCUT2D eigenvalue weighted by molar-refractivity contribution is 5.80. The van der Waals surface area contributed by atoms with Gasteiger partial charge in [-0.1, -0.05) is 30.3 Å². The van der Waals surface area contributed by atoms with Crippen LogP contribution in [0, 0.1) is 0 Å². The van der Waals surface area contributed by atoms with Crippen molar-refractivity contribution in [2.45, 2.75) is 25.4 Å². The van der Waals surface area contributed by atoms with E-state index in [0.717, 1.165) is 10.1 Å². The van der Waals surface area contributed by atoms with Crippen LogP contribution < -0.4 is 5.32 Å². The third kappa shape index (κ3) is 4.26. The molecule has 3 rings (SSSR count). The molecule has 0 spiro atoms. The summed E-state index contributed by atoms with van der Waals surface area (Å²) in [6.07, 6.45) is 4.49. The molecule has 26 heavy (non-hydrogen) atoms. The Kier molecular flexibility index (Phi) is 5.62. The summed E-state index contributed by atoms with van der Waals surface area (Å²) in [6.45, 7) is -2.48. The number of nitrogens with one attached hydrogen (secondary N) is 1. The highest BCUT2D eigenvalue weighted by Crippen LogP contribution is 2.14. The van der Waals surface area contributed by atoms with Crippen LogP contribution in [0.2, 0.25) is 0 Å². The number of tetrazole rings is 1. The van der Waals surface area contributed by atoms with Crippen molar-refractivity contribution in [3.05, 3.63) is 60.4 Å². The smallest absolute Gasteiger partial charge is 0.319 e. The maximum Gasteiger partial charge on any atom is 0.319 e. The molecule has 1 atom stereocenters. The molecule has 1 unspecified atom stereocenters. The average Bonchev–Trinajstić information content (AvgIpc) is 3.32. The van der Waals surface area contributed by atoms with Crippen LogP contribution in [0.3, 0.4) is 0 Å². The maximum atomic E-state index is 12.8. The summed E-state index contributed by atoms with van der Waals surface area (Å²) in [6, 6.07) is 8.83. The van der Waals surface area contributed by atoms with Crippen LogP contribution in [0.5, 0.6) is 0 Å². The van der Waals surface area contributed by atoms with Gasteiger partial charge in [-0.2, -0.15) is 8.78 Å². The molecule has 1 amide bonds. The summed E-state index contributed by atoms with van der Waals surface area (Å²) in [7, 11) is 0. The lowest BCUT2D eigenvalue weighted by atomic mass is 10.1. The normalized spacial score (nSPS) is 12.3. The van der Waals surface area contributed by atoms with Crippen molar-refractivity contribution < 1.29 is 13.6 Å². The van der Waals surface area contributed by atoms with Crippen molar-refractivity contribution in [3.8, 4) is 0 Å². The Labute approximate surface area is 147 Å². The number of amides is 1. The fourth-order valence-electron chi connectivity index (χ4n) is 2.59. The quantitative estimate of drug-likeness (QED) is 0.655. The largest absolute Gasteiger partial charge is 0.354 e. The molecule has 3 aromatic rings. The van der Waals surface area contributed by atoms with E-state index in [1.165, 1.54) is 23.4 Å². The minimum absolute atomic E-state index is 0.177. The van der Waals surface area contributed by atoms with Gasteiger partial charge in [0, 0.05) is 31.8 Å². The van der Waals surface area contributed by atoms with Crippen molar-refractivity contribution in [2.24, 2.45) is 0 Å². The number of carbonyl (C=O) groups is 1. The van der Waals surface area contributed by atoms with Gasteiger partial charge in [-0.3, -0.25) is 9.36 Å². The number of rotatable bonds is 8. The molecule has 0 bridgehead atoms. The molecular weight excluding hydrogens is 344 g/mol. The molecule has 10 heteroatoms. The zero-order chi connectivity index (χ0) is 18.4. The van der Waals surface area contributed by atoms with E-state index < -0.39 is 12.6 Å². The third-order valence-electron chi connectivity index (χ3n) is 3.87. The second-order valence-corrected chi connectivity index (χ2v) is 5.56. The van der Waals surface area contributed by atoms with Crippen molar-refractivity contribution in [1.82, 2.24) is 35.1 Å². The Balaban J connectivity index is 1.63. The van der Waals surface area contributed by atoms with Gasteiger partial charge in [0.2, 0.25) is 5.91 Å². The zero-order valence-electron chi connectivity index (χ0n) is 13.7. The Morgan fingerprint density at radius 1 is 1.23 bits per heavy atom. The Morgan fingerprint density at radius 2 is 2.04 bits per heavy atom. The first kappa shape index (κ1) is 17.6. The Morgan fingerprint density at radius 3 is 2.73 bits per heavy atom. The van der Waals surface area contributed by atoms with Crippen LogP contribution >= 0.6 is 0 Å². The van der Waals surface area contributed by atoms with E-state index in [-0.39, 0.29) is 24.7 Å². The molecule has 8 nitrogen and oxygen atoms in total. The van der Waals surface area contributed by atoms with E-state index in [1.807, 2.05) is 30.3 Å². The first-order chi connectivity index (χ1) is 12.6. The number of aromatic nitrogens is 6. The van der Waals surface area contributed by atoms with Crippen molar-refractivity contribution >= 4 is 5.91 Å². The predicted molar refractivity (Wildman–Crippen MR) is 87.2 cm³/mol. The van der Waals surface area contributed by atoms with Gasteiger partial charge in [0.1, 0.15) is 18.2 Å². The van der Waals surface area contributed by atoms with Crippen LogP contribution in [0.15, 0.2) is 49.1 Å². The fourth-order valence-corrected chi connectivity index (χ4v) is 2.59. The van der Waals surface area contributed by atoms with Crippen LogP contribution in [0.1, 0.15) is 24.0 Å². The van der Waals surface area contributed by atoms with Gasteiger partial charge in [0.05, 0.1) is 0 Å². The summed E-state index contributed by atoms with van der Waals surface area (Å²) in [5.74, 6) is -0.0846. The molecule has 2 aromatic heterocycles. The summed E-state index contributed by atoms with van der Waals surface area (Å²) >= 11 is 0. The summed E-state index contributed by atoms with van der Waals surface area (Å²) in [4.78, 5) is 16.5. The number of hydrogen-bond donors (Lipinski definition) is 1. The van der Waals surface area contributed by atoms with E-state index in [2.05, 4.69) is 25.8 Å². The number of imidazole rings is 1. The Hall–Kier alpha value is -3.17. The summed E-state index contributed by atoms with van der Waals surface area (Å²) in [5, 5.41) is 13.7. The fraction of sp³-hybridized carbons (Fsp3) is 0.312. The number of alkyl halides is 2. The zero-order valence-corrected chi connectivity index (χ0v) is 13.7. The number of nitrogens with zero attached hydrogens (tertiary/aromatic N) is 6. The van der Waals surface area contributed by atoms with Gasteiger partial charge in [0.15, 0.2) is 0 Å². The summed E-state index contributed by atoms with van der Waals surface area (Å²) in [5.41, 5.74) is 0.955. The first-order valence-electron chi connectivity index (χ1n) is 7.99. The maximum absolute atomic E-state index is 12.8. The highest BCUT2D eigenvalue weighted by Gasteiger charge is 2.22. The SMILES string of the molecule is O=C(NCCc1nccn1C(F)F)C(Cc1ccccc1)n1cnnn1. The molecule has 136 valence electrons. The van der Waals surface area contributed by atoms with Crippen LogP contribution in [0.25, 0.3) is 0 Å². The molecule has 0 aliphatic carbocycles. The molecule has 1 aromatic carbocycles. The van der Waals surface area contributed by atoms with E-state index in [9.17, 15) is 13.6 Å². The van der Waals surface area contributed by atoms with Crippen LogP contribution in [-0.4, -0.2) is 42.2 Å². The van der Waals surface area contributed by atoms with Crippen LogP contribution in [-0.2, 0) is 17.6 Å². The topological polar surface area (TPSA) is 90.5 Å². The van der Waals surface area contributed by atoms with Gasteiger partial charge in [-0.25, -0.2) is 9.67 Å². The highest BCUT2D eigenvalue weighted by atomic mass is 19.3. The molecule has 1 N–H and O–H groups in total. The molecule has 2 heterocycles. The van der Waals surface area contributed by atoms with E-state index in [4.69, 9.17) is 0 Å². The van der Waals surface area contributed by atoms with Crippen LogP contribution in [0.4, 0.5) is 8.78 Å². The number of carbonyl (C=O) groups excluding carboxylic acids is 1. The molecule has 0 saturated heterocycles. The summed E-state index contributed by atoms with van der Waals surface area (Å²) < 4.78 is 27.8. The van der Waals surface area contributed by atoms with E-state index >= 15 is 0 Å². The molecule has 0 radical (unpaired) electrons. The minimum Gasteiger partial charge on any atom is -0.354 e. The van der Waals surface area contributed by atoms with Crippen molar-refractivity contribution in [3.63, 3.8) is 0 Å². The lowest BCUT2D eigenvalue weighted by Crippen LogP contribution is -2.35. The van der Waals surface area contributed by atoms with Crippen molar-refractivity contribution in [2.75, 3.05) is 6.54 Å². The molecule has 0 aliphatic rings. The molecule has 0 saturated carbocycles. The number of halogens is 2. The predicted octanol–water partition coefficient (Wildman–Crippen LogP) is 1.41. The van der Waals surface area contributed by atoms with Gasteiger partial charge in [-0.15, -0.1) is 5.10 Å². The third-order valence-corrected chi connectivity index (χ3v) is 3.87. The van der Waals surface area contributed by atoms with E-state index in [0.29, 0.717) is 6.42 Å². The van der Waals surface area contributed by atoms with Gasteiger partial charge >= 0.3 is 6.55 Å². The Bertz CT molecular complexity index is 820. The molecule has 0 aliphatic heterocycles. The number of benzene rings is 1. The second-order valence-electron chi connectivity index (χ2n) is 5.56. The van der Waals surface area contributed by atoms with Gasteiger partial charge < -0.3 is 5.32 Å². The monoisotopic (exact) mass is 361 g/mol. The lowest BCUT2D eigenvalue weighted by Gasteiger charge is -2.16. The molecular formula is C16H17F2N7O. The lowest BCUT2D eigenvalue weighted by molar-refractivity contribution is -0.124. The second kappa shape index (κ2) is 8.28. The van der Waals surface area contributed by atoms with Gasteiger partial charge in [0.25, 0.3) is 0 Å². The standard InChI is InChI=1S/C16H17F2N7O/c17-16(18)24-9-8-19-14(24)6-7-20-15(26)13(25-11-21-22-23-25)10-12-4-2-1-3-5-12/h1-5,8-9,11,13,16H,6-7,10H2,(H,20,26).